The summed E-state index contributed by atoms with van der Waals surface area (Å²) in [6, 6.07) is 10.3. The Kier molecular flexibility index (Phi) is 5.59. The summed E-state index contributed by atoms with van der Waals surface area (Å²) in [6.07, 6.45) is 1.81. The standard InChI is InChI=1S/C20H19N3O7/c24-22(25)14-1-4-16(5-2-14)29-10-7-19-20(21-8-11-28-12-9-21)17-13-15(23(26)27)3-6-18(17)30-19/h1-7,13,20H,8-12H2/p+1/b19-7-/t20-/m1/s1. The number of nitro benzene ring substituents is 2. The number of nitro groups is 2. The smallest absolute Gasteiger partial charge is 0.270 e. The van der Waals surface area contributed by atoms with Crippen LogP contribution in [0, 0.1) is 20.2 Å². The van der Waals surface area contributed by atoms with Gasteiger partial charge in [0.25, 0.3) is 11.4 Å². The number of non-ortho nitro benzene ring substituents is 2. The van der Waals surface area contributed by atoms with Crippen molar-refractivity contribution >= 4 is 11.4 Å². The van der Waals surface area contributed by atoms with Gasteiger partial charge in [-0.3, -0.25) is 20.2 Å². The van der Waals surface area contributed by atoms with Crippen molar-refractivity contribution in [2.75, 3.05) is 32.9 Å². The molecule has 1 atom stereocenters. The second kappa shape index (κ2) is 8.47. The normalized spacial score (nSPS) is 19.9. The van der Waals surface area contributed by atoms with E-state index in [2.05, 4.69) is 0 Å². The van der Waals surface area contributed by atoms with E-state index < -0.39 is 9.85 Å². The molecule has 0 amide bonds. The fourth-order valence-electron chi connectivity index (χ4n) is 3.69. The first-order valence-corrected chi connectivity index (χ1v) is 9.49. The van der Waals surface area contributed by atoms with Gasteiger partial charge in [-0.15, -0.1) is 0 Å². The summed E-state index contributed by atoms with van der Waals surface area (Å²) in [5.41, 5.74) is 0.800. The van der Waals surface area contributed by atoms with Crippen molar-refractivity contribution in [3.63, 3.8) is 0 Å². The summed E-state index contributed by atoms with van der Waals surface area (Å²) in [7, 11) is 0. The number of quaternary nitrogens is 1. The van der Waals surface area contributed by atoms with E-state index in [0.717, 1.165) is 18.7 Å². The lowest BCUT2D eigenvalue weighted by atomic mass is 10.0. The molecule has 2 heterocycles. The van der Waals surface area contributed by atoms with Crippen molar-refractivity contribution in [3.8, 4) is 11.5 Å². The Morgan fingerprint density at radius 3 is 2.37 bits per heavy atom. The highest BCUT2D eigenvalue weighted by atomic mass is 16.6. The van der Waals surface area contributed by atoms with Crippen LogP contribution in [0.1, 0.15) is 11.6 Å². The second-order valence-electron chi connectivity index (χ2n) is 6.95. The molecule has 2 aliphatic heterocycles. The van der Waals surface area contributed by atoms with Gasteiger partial charge in [-0.1, -0.05) is 0 Å². The van der Waals surface area contributed by atoms with Crippen LogP contribution in [0.4, 0.5) is 11.4 Å². The molecule has 156 valence electrons. The molecule has 1 N–H and O–H groups in total. The SMILES string of the molecule is O=[N+]([O-])c1ccc(OC/C=C2\Oc3ccc([N+](=O)[O-])cc3[C@H]2[NH+]2CCOCC2)cc1. The first-order valence-electron chi connectivity index (χ1n) is 9.49. The Hall–Kier alpha value is -3.50. The molecule has 0 unspecified atom stereocenters. The number of morpholine rings is 1. The zero-order chi connectivity index (χ0) is 21.1. The molecule has 10 nitrogen and oxygen atoms in total. The molecule has 1 fully saturated rings. The summed E-state index contributed by atoms with van der Waals surface area (Å²) in [5, 5.41) is 22.0. The van der Waals surface area contributed by atoms with Gasteiger partial charge in [0.1, 0.15) is 31.2 Å². The monoisotopic (exact) mass is 414 g/mol. The molecule has 2 aromatic carbocycles. The van der Waals surface area contributed by atoms with Gasteiger partial charge in [0.15, 0.2) is 11.8 Å². The summed E-state index contributed by atoms with van der Waals surface area (Å²) in [5.74, 6) is 1.77. The second-order valence-corrected chi connectivity index (χ2v) is 6.95. The number of hydrogen-bond acceptors (Lipinski definition) is 7. The molecule has 0 aromatic heterocycles. The Bertz CT molecular complexity index is 984. The third kappa shape index (κ3) is 4.09. The lowest BCUT2D eigenvalue weighted by Gasteiger charge is -2.29. The summed E-state index contributed by atoms with van der Waals surface area (Å²) in [6.45, 7) is 2.95. The van der Waals surface area contributed by atoms with Crippen molar-refractivity contribution in [1.82, 2.24) is 0 Å². The first-order chi connectivity index (χ1) is 14.5. The van der Waals surface area contributed by atoms with Gasteiger partial charge in [-0.2, -0.15) is 0 Å². The molecule has 0 aliphatic carbocycles. The Balaban J connectivity index is 1.54. The van der Waals surface area contributed by atoms with Gasteiger partial charge in [0, 0.05) is 24.3 Å². The van der Waals surface area contributed by atoms with Gasteiger partial charge < -0.3 is 19.1 Å². The molecule has 0 bridgehead atoms. The Morgan fingerprint density at radius 1 is 1.03 bits per heavy atom. The molecule has 2 aromatic rings. The van der Waals surface area contributed by atoms with E-state index in [0.29, 0.717) is 30.5 Å². The minimum absolute atomic E-state index is 0.00661. The largest absolute Gasteiger partial charge is 0.489 e. The van der Waals surface area contributed by atoms with Crippen LogP contribution in [0.25, 0.3) is 0 Å². The molecule has 4 rings (SSSR count). The zero-order valence-corrected chi connectivity index (χ0v) is 16.0. The van der Waals surface area contributed by atoms with Gasteiger partial charge in [-0.25, -0.2) is 0 Å². The average Bonchev–Trinajstić information content (AvgIpc) is 3.12. The molecule has 10 heteroatoms. The number of hydrogen-bond donors (Lipinski definition) is 1. The zero-order valence-electron chi connectivity index (χ0n) is 16.0. The van der Waals surface area contributed by atoms with Gasteiger partial charge in [0.05, 0.1) is 28.6 Å². The minimum atomic E-state index is -0.468. The maximum absolute atomic E-state index is 11.2. The summed E-state index contributed by atoms with van der Waals surface area (Å²) < 4.78 is 17.1. The Morgan fingerprint density at radius 2 is 1.70 bits per heavy atom. The third-order valence-electron chi connectivity index (χ3n) is 5.15. The fourth-order valence-corrected chi connectivity index (χ4v) is 3.69. The highest BCUT2D eigenvalue weighted by Gasteiger charge is 2.39. The molecule has 1 saturated heterocycles. The van der Waals surface area contributed by atoms with Crippen LogP contribution in [-0.4, -0.2) is 42.8 Å². The topological polar surface area (TPSA) is 118 Å². The van der Waals surface area contributed by atoms with Gasteiger partial charge in [0.2, 0.25) is 0 Å². The fraction of sp³-hybridized carbons (Fsp3) is 0.300. The van der Waals surface area contributed by atoms with Crippen LogP contribution in [0.5, 0.6) is 11.5 Å². The van der Waals surface area contributed by atoms with E-state index in [1.807, 2.05) is 0 Å². The van der Waals surface area contributed by atoms with Crippen molar-refractivity contribution in [2.24, 2.45) is 0 Å². The van der Waals surface area contributed by atoms with Crippen molar-refractivity contribution in [1.29, 1.82) is 0 Å². The highest BCUT2D eigenvalue weighted by Crippen LogP contribution is 2.39. The summed E-state index contributed by atoms with van der Waals surface area (Å²) >= 11 is 0. The van der Waals surface area contributed by atoms with Crippen LogP contribution in [-0.2, 0) is 4.74 Å². The van der Waals surface area contributed by atoms with Gasteiger partial charge in [-0.05, 0) is 24.3 Å². The lowest BCUT2D eigenvalue weighted by Crippen LogP contribution is -3.14. The van der Waals surface area contributed by atoms with Crippen molar-refractivity contribution in [3.05, 3.63) is 80.1 Å². The Labute approximate surface area is 171 Å². The maximum atomic E-state index is 11.2. The molecular formula is C20H20N3O7+. The predicted molar refractivity (Wildman–Crippen MR) is 105 cm³/mol. The number of rotatable bonds is 6. The molecule has 0 saturated carbocycles. The molecule has 0 spiro atoms. The number of nitrogens with one attached hydrogen (secondary N) is 1. The first kappa shape index (κ1) is 19.8. The lowest BCUT2D eigenvalue weighted by molar-refractivity contribution is -0.933. The molecular weight excluding hydrogens is 394 g/mol. The molecule has 30 heavy (non-hydrogen) atoms. The van der Waals surface area contributed by atoms with Gasteiger partial charge >= 0.3 is 0 Å². The minimum Gasteiger partial charge on any atom is -0.489 e. The van der Waals surface area contributed by atoms with Crippen molar-refractivity contribution < 1.29 is 29.0 Å². The predicted octanol–water partition coefficient (Wildman–Crippen LogP) is 1.81. The van der Waals surface area contributed by atoms with E-state index in [4.69, 9.17) is 14.2 Å². The molecule has 0 radical (unpaired) electrons. The third-order valence-corrected chi connectivity index (χ3v) is 5.15. The number of benzene rings is 2. The van der Waals surface area contributed by atoms with E-state index in [9.17, 15) is 20.2 Å². The van der Waals surface area contributed by atoms with Crippen LogP contribution >= 0.6 is 0 Å². The van der Waals surface area contributed by atoms with Crippen LogP contribution in [0.2, 0.25) is 0 Å². The quantitative estimate of drug-likeness (QED) is 0.566. The van der Waals surface area contributed by atoms with Crippen LogP contribution in [0.15, 0.2) is 54.3 Å². The average molecular weight is 414 g/mol. The van der Waals surface area contributed by atoms with Crippen LogP contribution < -0.4 is 14.4 Å². The van der Waals surface area contributed by atoms with E-state index in [1.165, 1.54) is 35.2 Å². The van der Waals surface area contributed by atoms with E-state index in [1.54, 1.807) is 18.2 Å². The van der Waals surface area contributed by atoms with Crippen LogP contribution in [0.3, 0.4) is 0 Å². The maximum Gasteiger partial charge on any atom is 0.270 e. The summed E-state index contributed by atoms with van der Waals surface area (Å²) in [4.78, 5) is 22.3. The molecule has 2 aliphatic rings. The van der Waals surface area contributed by atoms with Crippen molar-refractivity contribution in [2.45, 2.75) is 6.04 Å². The number of nitrogens with zero attached hydrogens (tertiary/aromatic N) is 2. The number of fused-ring (bicyclic) bond motifs is 1. The highest BCUT2D eigenvalue weighted by molar-refractivity contribution is 5.50. The number of ether oxygens (including phenoxy) is 3. The van der Waals surface area contributed by atoms with E-state index in [-0.39, 0.29) is 24.0 Å². The van der Waals surface area contributed by atoms with E-state index >= 15 is 0 Å².